The number of carbonyl (C=O) groups excluding carboxylic acids is 1. The van der Waals surface area contributed by atoms with Crippen molar-refractivity contribution in [1.82, 2.24) is 10.2 Å². The molecule has 2 aromatic carbocycles. The van der Waals surface area contributed by atoms with E-state index in [-0.39, 0.29) is 23.3 Å². The molecule has 0 radical (unpaired) electrons. The second-order valence-electron chi connectivity index (χ2n) is 8.55. The second-order valence-corrected chi connectivity index (χ2v) is 8.55. The monoisotopic (exact) mass is 394 g/mol. The molecule has 2 aliphatic rings. The molecule has 1 amide bonds. The minimum Gasteiger partial charge on any atom is -0.497 e. The molecule has 154 valence electrons. The Morgan fingerprint density at radius 3 is 2.76 bits per heavy atom. The zero-order valence-electron chi connectivity index (χ0n) is 17.2. The second kappa shape index (κ2) is 8.17. The summed E-state index contributed by atoms with van der Waals surface area (Å²) in [7, 11) is 3.80. The summed E-state index contributed by atoms with van der Waals surface area (Å²) in [6, 6.07) is 17.5. The zero-order valence-corrected chi connectivity index (χ0v) is 17.2. The third-order valence-corrected chi connectivity index (χ3v) is 6.77. The topological polar surface area (TPSA) is 61.8 Å². The van der Waals surface area contributed by atoms with Gasteiger partial charge in [0, 0.05) is 29.5 Å². The van der Waals surface area contributed by atoms with Crippen LogP contribution in [0.5, 0.6) is 5.75 Å². The smallest absolute Gasteiger partial charge is 0.251 e. The lowest BCUT2D eigenvalue weighted by atomic mass is 9.57. The van der Waals surface area contributed by atoms with Crippen LogP contribution in [-0.4, -0.2) is 55.3 Å². The standard InChI is InChI=1S/C24H30N2O3/c1-26-12-11-24(18-9-6-10-20(13-18)29-2)15-19(14-22(27)21(24)16-26)25-23(28)17-7-4-3-5-8-17/h3-10,13,19,21-22,27H,11-12,14-16H2,1-2H3,(H,25,28)/t19-,21+,22?,24+/m1/s1. The molecule has 1 heterocycles. The zero-order chi connectivity index (χ0) is 20.4. The quantitative estimate of drug-likeness (QED) is 0.837. The number of ether oxygens (including phenoxy) is 1. The van der Waals surface area contributed by atoms with Gasteiger partial charge in [0.1, 0.15) is 5.75 Å². The molecule has 0 bridgehead atoms. The van der Waals surface area contributed by atoms with E-state index in [9.17, 15) is 9.90 Å². The van der Waals surface area contributed by atoms with Gasteiger partial charge in [-0.05, 0) is 62.7 Å². The lowest BCUT2D eigenvalue weighted by molar-refractivity contribution is -0.0420. The van der Waals surface area contributed by atoms with Gasteiger partial charge < -0.3 is 20.1 Å². The molecule has 1 aliphatic carbocycles. The summed E-state index contributed by atoms with van der Waals surface area (Å²) in [4.78, 5) is 15.1. The van der Waals surface area contributed by atoms with E-state index in [0.717, 1.165) is 31.7 Å². The van der Waals surface area contributed by atoms with Crippen LogP contribution < -0.4 is 10.1 Å². The maximum absolute atomic E-state index is 12.8. The van der Waals surface area contributed by atoms with Crippen LogP contribution in [-0.2, 0) is 5.41 Å². The number of hydrogen-bond donors (Lipinski definition) is 2. The highest BCUT2D eigenvalue weighted by molar-refractivity contribution is 5.94. The van der Waals surface area contributed by atoms with E-state index < -0.39 is 6.10 Å². The van der Waals surface area contributed by atoms with Crippen molar-refractivity contribution in [3.05, 3.63) is 65.7 Å². The summed E-state index contributed by atoms with van der Waals surface area (Å²) in [5, 5.41) is 14.3. The summed E-state index contributed by atoms with van der Waals surface area (Å²) in [6.07, 6.45) is 1.91. The Balaban J connectivity index is 1.64. The van der Waals surface area contributed by atoms with Crippen LogP contribution in [0, 0.1) is 5.92 Å². The van der Waals surface area contributed by atoms with Gasteiger partial charge in [0.2, 0.25) is 0 Å². The first kappa shape index (κ1) is 19.9. The fourth-order valence-electron chi connectivity index (χ4n) is 5.28. The first-order valence-corrected chi connectivity index (χ1v) is 10.4. The Hall–Kier alpha value is -2.37. The normalized spacial score (nSPS) is 29.7. The minimum atomic E-state index is -0.459. The Morgan fingerprint density at radius 2 is 2.00 bits per heavy atom. The molecule has 1 aliphatic heterocycles. The number of fused-ring (bicyclic) bond motifs is 1. The largest absolute Gasteiger partial charge is 0.497 e. The van der Waals surface area contributed by atoms with Crippen molar-refractivity contribution >= 4 is 5.91 Å². The van der Waals surface area contributed by atoms with Crippen molar-refractivity contribution in [1.29, 1.82) is 0 Å². The summed E-state index contributed by atoms with van der Waals surface area (Å²) in [5.74, 6) is 0.896. The molecule has 2 N–H and O–H groups in total. The van der Waals surface area contributed by atoms with Gasteiger partial charge in [0.15, 0.2) is 0 Å². The van der Waals surface area contributed by atoms with Gasteiger partial charge in [-0.25, -0.2) is 0 Å². The highest BCUT2D eigenvalue weighted by Gasteiger charge is 2.51. The first-order valence-electron chi connectivity index (χ1n) is 10.4. The summed E-state index contributed by atoms with van der Waals surface area (Å²) >= 11 is 0. The maximum Gasteiger partial charge on any atom is 0.251 e. The number of methoxy groups -OCH3 is 1. The van der Waals surface area contributed by atoms with E-state index in [4.69, 9.17) is 4.74 Å². The van der Waals surface area contributed by atoms with E-state index in [1.54, 1.807) is 7.11 Å². The summed E-state index contributed by atoms with van der Waals surface area (Å²) < 4.78 is 5.48. The predicted octanol–water partition coefficient (Wildman–Crippen LogP) is 2.84. The third-order valence-electron chi connectivity index (χ3n) is 6.77. The summed E-state index contributed by atoms with van der Waals surface area (Å²) in [5.41, 5.74) is 1.68. The van der Waals surface area contributed by atoms with Gasteiger partial charge in [-0.2, -0.15) is 0 Å². The van der Waals surface area contributed by atoms with Gasteiger partial charge in [-0.15, -0.1) is 0 Å². The van der Waals surface area contributed by atoms with Crippen molar-refractivity contribution in [3.63, 3.8) is 0 Å². The molecule has 0 spiro atoms. The number of aliphatic hydroxyl groups is 1. The average Bonchev–Trinajstić information content (AvgIpc) is 2.75. The number of piperidine rings is 1. The van der Waals surface area contributed by atoms with E-state index >= 15 is 0 Å². The van der Waals surface area contributed by atoms with Gasteiger partial charge in [-0.1, -0.05) is 30.3 Å². The molecular weight excluding hydrogens is 364 g/mol. The van der Waals surface area contributed by atoms with Crippen LogP contribution in [0.3, 0.4) is 0 Å². The Kier molecular flexibility index (Phi) is 5.61. The lowest BCUT2D eigenvalue weighted by Crippen LogP contribution is -2.60. The molecule has 2 aromatic rings. The first-order chi connectivity index (χ1) is 14.0. The average molecular weight is 395 g/mol. The van der Waals surface area contributed by atoms with Crippen LogP contribution in [0.25, 0.3) is 0 Å². The van der Waals surface area contributed by atoms with Crippen molar-refractivity contribution < 1.29 is 14.6 Å². The fraction of sp³-hybridized carbons (Fsp3) is 0.458. The number of carbonyl (C=O) groups is 1. The maximum atomic E-state index is 12.8. The van der Waals surface area contributed by atoms with Crippen molar-refractivity contribution in [2.75, 3.05) is 27.2 Å². The molecule has 2 fully saturated rings. The lowest BCUT2D eigenvalue weighted by Gasteiger charge is -2.54. The molecule has 1 unspecified atom stereocenters. The van der Waals surface area contributed by atoms with Gasteiger partial charge in [0.05, 0.1) is 13.2 Å². The number of nitrogens with zero attached hydrogens (tertiary/aromatic N) is 1. The number of rotatable bonds is 4. The van der Waals surface area contributed by atoms with Crippen LogP contribution in [0.1, 0.15) is 35.2 Å². The minimum absolute atomic E-state index is 0.0661. The number of hydrogen-bond acceptors (Lipinski definition) is 4. The third kappa shape index (κ3) is 3.89. The number of aliphatic hydroxyl groups excluding tert-OH is 1. The van der Waals surface area contributed by atoms with Crippen molar-refractivity contribution in [3.8, 4) is 5.75 Å². The molecule has 1 saturated heterocycles. The summed E-state index contributed by atoms with van der Waals surface area (Å²) in [6.45, 7) is 1.83. The molecular formula is C24H30N2O3. The van der Waals surface area contributed by atoms with Gasteiger partial charge >= 0.3 is 0 Å². The van der Waals surface area contributed by atoms with Crippen molar-refractivity contribution in [2.45, 2.75) is 36.8 Å². The highest BCUT2D eigenvalue weighted by Crippen LogP contribution is 2.49. The van der Waals surface area contributed by atoms with E-state index in [2.05, 4.69) is 29.4 Å². The molecule has 4 atom stereocenters. The molecule has 4 rings (SSSR count). The SMILES string of the molecule is COc1cccc([C@@]23CCN(C)C[C@H]2C(O)C[C@@H](NC(=O)c2ccccc2)C3)c1. The van der Waals surface area contributed by atoms with Crippen LogP contribution in [0.4, 0.5) is 0 Å². The van der Waals surface area contributed by atoms with Crippen LogP contribution >= 0.6 is 0 Å². The van der Waals surface area contributed by atoms with E-state index in [1.165, 1.54) is 5.56 Å². The number of likely N-dealkylation sites (tertiary alicyclic amines) is 1. The number of benzene rings is 2. The molecule has 5 heteroatoms. The molecule has 5 nitrogen and oxygen atoms in total. The van der Waals surface area contributed by atoms with E-state index in [1.807, 2.05) is 42.5 Å². The number of amides is 1. The molecule has 29 heavy (non-hydrogen) atoms. The Labute approximate surface area is 172 Å². The van der Waals surface area contributed by atoms with Crippen LogP contribution in [0.15, 0.2) is 54.6 Å². The van der Waals surface area contributed by atoms with Gasteiger partial charge in [-0.3, -0.25) is 4.79 Å². The molecule has 1 saturated carbocycles. The Morgan fingerprint density at radius 1 is 1.21 bits per heavy atom. The molecule has 0 aromatic heterocycles. The van der Waals surface area contributed by atoms with Crippen molar-refractivity contribution in [2.24, 2.45) is 5.92 Å². The van der Waals surface area contributed by atoms with Gasteiger partial charge in [0.25, 0.3) is 5.91 Å². The highest BCUT2D eigenvalue weighted by atomic mass is 16.5. The fourth-order valence-corrected chi connectivity index (χ4v) is 5.28. The van der Waals surface area contributed by atoms with Crippen LogP contribution in [0.2, 0.25) is 0 Å². The number of nitrogens with one attached hydrogen (secondary N) is 1. The predicted molar refractivity (Wildman–Crippen MR) is 113 cm³/mol. The van der Waals surface area contributed by atoms with E-state index in [0.29, 0.717) is 12.0 Å². The Bertz CT molecular complexity index is 856.